The van der Waals surface area contributed by atoms with Gasteiger partial charge in [0.1, 0.15) is 16.6 Å². The van der Waals surface area contributed by atoms with E-state index in [0.717, 1.165) is 6.92 Å². The number of hydrogen-bond acceptors (Lipinski definition) is 2. The highest BCUT2D eigenvalue weighted by Crippen LogP contribution is 2.30. The van der Waals surface area contributed by atoms with Crippen molar-refractivity contribution in [3.05, 3.63) is 23.0 Å². The van der Waals surface area contributed by atoms with E-state index in [0.29, 0.717) is 5.75 Å². The van der Waals surface area contributed by atoms with Gasteiger partial charge in [0.15, 0.2) is 0 Å². The van der Waals surface area contributed by atoms with Crippen LogP contribution in [0.3, 0.4) is 0 Å². The van der Waals surface area contributed by atoms with Gasteiger partial charge < -0.3 is 4.74 Å². The van der Waals surface area contributed by atoms with Gasteiger partial charge in [0.05, 0.1) is 6.10 Å². The summed E-state index contributed by atoms with van der Waals surface area (Å²) in [6, 6.07) is 2.61. The lowest BCUT2D eigenvalue weighted by molar-refractivity contribution is 0.0124. The molecule has 0 N–H and O–H groups in total. The quantitative estimate of drug-likeness (QED) is 0.747. The SMILES string of the molecule is CC(C)Oc1cc(Cl)nc(C(C)(F)F)c1. The molecule has 15 heavy (non-hydrogen) atoms. The third kappa shape index (κ3) is 3.63. The van der Waals surface area contributed by atoms with Gasteiger partial charge in [-0.3, -0.25) is 0 Å². The van der Waals surface area contributed by atoms with E-state index in [2.05, 4.69) is 4.98 Å². The second-order valence-electron chi connectivity index (χ2n) is 3.57. The highest BCUT2D eigenvalue weighted by molar-refractivity contribution is 6.29. The van der Waals surface area contributed by atoms with Gasteiger partial charge in [-0.15, -0.1) is 0 Å². The molecular weight excluding hydrogens is 224 g/mol. The Labute approximate surface area is 92.2 Å². The van der Waals surface area contributed by atoms with Crippen molar-refractivity contribution in [2.24, 2.45) is 0 Å². The van der Waals surface area contributed by atoms with Gasteiger partial charge in [0.2, 0.25) is 0 Å². The van der Waals surface area contributed by atoms with E-state index in [-0.39, 0.29) is 17.0 Å². The summed E-state index contributed by atoms with van der Waals surface area (Å²) in [4.78, 5) is 3.55. The third-order valence-electron chi connectivity index (χ3n) is 1.59. The maximum Gasteiger partial charge on any atom is 0.287 e. The predicted molar refractivity (Wildman–Crippen MR) is 54.6 cm³/mol. The average Bonchev–Trinajstić information content (AvgIpc) is 1.99. The molecule has 0 radical (unpaired) electrons. The smallest absolute Gasteiger partial charge is 0.287 e. The summed E-state index contributed by atoms with van der Waals surface area (Å²) in [6.45, 7) is 4.38. The zero-order valence-corrected chi connectivity index (χ0v) is 9.48. The van der Waals surface area contributed by atoms with Crippen LogP contribution in [0.25, 0.3) is 0 Å². The molecule has 0 aromatic carbocycles. The van der Waals surface area contributed by atoms with Crippen LogP contribution in [0.15, 0.2) is 12.1 Å². The molecule has 0 saturated heterocycles. The largest absolute Gasteiger partial charge is 0.491 e. The zero-order valence-electron chi connectivity index (χ0n) is 8.72. The first-order valence-corrected chi connectivity index (χ1v) is 4.89. The van der Waals surface area contributed by atoms with Gasteiger partial charge in [0, 0.05) is 19.1 Å². The second kappa shape index (κ2) is 4.31. The lowest BCUT2D eigenvalue weighted by atomic mass is 10.2. The molecule has 0 aliphatic rings. The van der Waals surface area contributed by atoms with Gasteiger partial charge in [-0.1, -0.05) is 11.6 Å². The minimum Gasteiger partial charge on any atom is -0.491 e. The van der Waals surface area contributed by atoms with E-state index in [4.69, 9.17) is 16.3 Å². The molecule has 0 aliphatic carbocycles. The molecule has 0 aliphatic heterocycles. The number of ether oxygens (including phenoxy) is 1. The predicted octanol–water partition coefficient (Wildman–Crippen LogP) is 3.63. The van der Waals surface area contributed by atoms with Gasteiger partial charge in [-0.2, -0.15) is 8.78 Å². The first-order valence-electron chi connectivity index (χ1n) is 4.51. The molecule has 0 fully saturated rings. The summed E-state index contributed by atoms with van der Waals surface area (Å²) < 4.78 is 31.2. The molecule has 1 aromatic rings. The van der Waals surface area contributed by atoms with Gasteiger partial charge >= 0.3 is 0 Å². The first-order chi connectivity index (χ1) is 6.79. The maximum atomic E-state index is 13.0. The van der Waals surface area contributed by atoms with Crippen molar-refractivity contribution in [1.82, 2.24) is 4.98 Å². The Kier molecular flexibility index (Phi) is 3.50. The minimum absolute atomic E-state index is 0.00433. The lowest BCUT2D eigenvalue weighted by Crippen LogP contribution is -2.12. The Morgan fingerprint density at radius 1 is 1.40 bits per heavy atom. The summed E-state index contributed by atoms with van der Waals surface area (Å²) in [7, 11) is 0. The van der Waals surface area contributed by atoms with Crippen molar-refractivity contribution in [2.75, 3.05) is 0 Å². The topological polar surface area (TPSA) is 22.1 Å². The molecule has 84 valence electrons. The second-order valence-corrected chi connectivity index (χ2v) is 3.95. The van der Waals surface area contributed by atoms with E-state index in [1.807, 2.05) is 0 Å². The molecule has 5 heteroatoms. The van der Waals surface area contributed by atoms with Crippen LogP contribution >= 0.6 is 11.6 Å². The van der Waals surface area contributed by atoms with Crippen LogP contribution in [0.4, 0.5) is 8.78 Å². The zero-order chi connectivity index (χ0) is 11.6. The molecule has 0 atom stereocenters. The Bertz CT molecular complexity index is 350. The summed E-state index contributed by atoms with van der Waals surface area (Å²) in [6.07, 6.45) is -0.0956. The highest BCUT2D eigenvalue weighted by Gasteiger charge is 2.27. The van der Waals surface area contributed by atoms with E-state index >= 15 is 0 Å². The monoisotopic (exact) mass is 235 g/mol. The molecule has 0 unspecified atom stereocenters. The Hall–Kier alpha value is -0.900. The van der Waals surface area contributed by atoms with E-state index in [9.17, 15) is 8.78 Å². The van der Waals surface area contributed by atoms with Crippen molar-refractivity contribution in [1.29, 1.82) is 0 Å². The fourth-order valence-corrected chi connectivity index (χ4v) is 1.24. The molecule has 0 amide bonds. The number of hydrogen-bond donors (Lipinski definition) is 0. The molecule has 0 spiro atoms. The first kappa shape index (κ1) is 12.2. The standard InChI is InChI=1S/C10H12ClF2NO/c1-6(2)15-7-4-8(10(3,12)13)14-9(11)5-7/h4-6H,1-3H3. The average molecular weight is 236 g/mol. The van der Waals surface area contributed by atoms with Crippen LogP contribution in [0.1, 0.15) is 26.5 Å². The number of rotatable bonds is 3. The van der Waals surface area contributed by atoms with Crippen molar-refractivity contribution < 1.29 is 13.5 Å². The summed E-state index contributed by atoms with van der Waals surface area (Å²) in [5.41, 5.74) is -0.384. The van der Waals surface area contributed by atoms with Crippen LogP contribution in [-0.4, -0.2) is 11.1 Å². The number of alkyl halides is 2. The summed E-state index contributed by atoms with van der Waals surface area (Å²) >= 11 is 5.62. The Morgan fingerprint density at radius 2 is 2.00 bits per heavy atom. The van der Waals surface area contributed by atoms with Crippen LogP contribution in [0, 0.1) is 0 Å². The van der Waals surface area contributed by atoms with E-state index < -0.39 is 5.92 Å². The maximum absolute atomic E-state index is 13.0. The van der Waals surface area contributed by atoms with Gasteiger partial charge in [-0.25, -0.2) is 4.98 Å². The Balaban J connectivity index is 3.06. The van der Waals surface area contributed by atoms with E-state index in [1.165, 1.54) is 12.1 Å². The van der Waals surface area contributed by atoms with Crippen molar-refractivity contribution >= 4 is 11.6 Å². The number of halogens is 3. The molecule has 1 aromatic heterocycles. The summed E-state index contributed by atoms with van der Waals surface area (Å²) in [5, 5.41) is 0.00433. The fraction of sp³-hybridized carbons (Fsp3) is 0.500. The summed E-state index contributed by atoms with van der Waals surface area (Å²) in [5.74, 6) is -2.71. The Morgan fingerprint density at radius 3 is 2.47 bits per heavy atom. The van der Waals surface area contributed by atoms with Crippen molar-refractivity contribution in [3.63, 3.8) is 0 Å². The fourth-order valence-electron chi connectivity index (χ4n) is 1.04. The number of nitrogens with zero attached hydrogens (tertiary/aromatic N) is 1. The molecule has 2 nitrogen and oxygen atoms in total. The lowest BCUT2D eigenvalue weighted by Gasteiger charge is -2.14. The van der Waals surface area contributed by atoms with Crippen LogP contribution in [0.2, 0.25) is 5.15 Å². The normalized spacial score (nSPS) is 11.9. The van der Waals surface area contributed by atoms with Crippen LogP contribution < -0.4 is 4.74 Å². The molecule has 0 saturated carbocycles. The van der Waals surface area contributed by atoms with Crippen molar-refractivity contribution in [3.8, 4) is 5.75 Å². The highest BCUT2D eigenvalue weighted by atomic mass is 35.5. The molecule has 1 heterocycles. The molecule has 0 bridgehead atoms. The van der Waals surface area contributed by atoms with Crippen LogP contribution in [-0.2, 0) is 5.92 Å². The van der Waals surface area contributed by atoms with Crippen LogP contribution in [0.5, 0.6) is 5.75 Å². The van der Waals surface area contributed by atoms with Gasteiger partial charge in [0.25, 0.3) is 5.92 Å². The number of aromatic nitrogens is 1. The minimum atomic E-state index is -3.01. The van der Waals surface area contributed by atoms with Gasteiger partial charge in [-0.05, 0) is 13.8 Å². The number of pyridine rings is 1. The van der Waals surface area contributed by atoms with E-state index in [1.54, 1.807) is 13.8 Å². The molecular formula is C10H12ClF2NO. The third-order valence-corrected chi connectivity index (χ3v) is 1.78. The van der Waals surface area contributed by atoms with Crippen molar-refractivity contribution in [2.45, 2.75) is 32.8 Å². The molecule has 1 rings (SSSR count).